The van der Waals surface area contributed by atoms with Crippen molar-refractivity contribution in [2.75, 3.05) is 4.90 Å². The molecule has 73 heavy (non-hydrogen) atoms. The van der Waals surface area contributed by atoms with E-state index in [9.17, 15) is 0 Å². The van der Waals surface area contributed by atoms with Gasteiger partial charge in [0.1, 0.15) is 0 Å². The summed E-state index contributed by atoms with van der Waals surface area (Å²) < 4.78 is 0. The Hall–Kier alpha value is -8.72. The summed E-state index contributed by atoms with van der Waals surface area (Å²) in [4.78, 5) is 2.79. The highest BCUT2D eigenvalue weighted by atomic mass is 15.2. The lowest BCUT2D eigenvalue weighted by Gasteiger charge is -2.55. The number of hydrogen-bond donors (Lipinski definition) is 0. The van der Waals surface area contributed by atoms with Gasteiger partial charge in [-0.15, -0.1) is 0 Å². The van der Waals surface area contributed by atoms with Gasteiger partial charge in [-0.05, 0) is 144 Å². The first kappa shape index (κ1) is 41.0. The Morgan fingerprint density at radius 3 is 0.973 bits per heavy atom. The molecule has 0 aromatic heterocycles. The fourth-order valence-electron chi connectivity index (χ4n) is 14.9. The molecule has 0 bridgehead atoms. The molecule has 0 fully saturated rings. The van der Waals surface area contributed by atoms with Crippen LogP contribution in [0.5, 0.6) is 0 Å². The summed E-state index contributed by atoms with van der Waals surface area (Å²) in [7, 11) is 0. The third-order valence-corrected chi connectivity index (χ3v) is 17.4. The van der Waals surface area contributed by atoms with Gasteiger partial charge in [0.15, 0.2) is 0 Å². The van der Waals surface area contributed by atoms with Gasteiger partial charge in [0, 0.05) is 11.4 Å². The Morgan fingerprint density at radius 1 is 0.274 bits per heavy atom. The van der Waals surface area contributed by atoms with Crippen molar-refractivity contribution in [3.8, 4) is 55.6 Å². The standard InChI is InChI=1S/C71H48BN/c1-43-35-60-67-61(36-43)71(58-33-19-15-29-52(58)53-30-16-20-34-59(53)71)63-38-45(3)40-65-69(63)73(67)68-62(70(60)56-31-17-13-27-50(56)51-28-14-18-32-57(51)70)37-44(2)39-64(68)72(65)66-54(47-23-9-5-10-24-47)41-49(46-21-7-4-8-22-46)42-55(66)48-25-11-6-12-26-48/h4-42H,1-3H3. The van der Waals surface area contributed by atoms with Crippen LogP contribution in [0.4, 0.5) is 17.1 Å². The van der Waals surface area contributed by atoms with E-state index in [1.165, 1.54) is 150 Å². The van der Waals surface area contributed by atoms with E-state index in [2.05, 4.69) is 262 Å². The van der Waals surface area contributed by atoms with Crippen molar-refractivity contribution in [1.29, 1.82) is 0 Å². The fraction of sp³-hybridized carbons (Fsp3) is 0.0704. The number of rotatable bonds is 4. The Bertz CT molecular complexity index is 3850. The molecule has 0 unspecified atom stereocenters. The van der Waals surface area contributed by atoms with Gasteiger partial charge in [0.05, 0.1) is 16.5 Å². The monoisotopic (exact) mass is 925 g/mol. The zero-order valence-electron chi connectivity index (χ0n) is 41.0. The van der Waals surface area contributed by atoms with Gasteiger partial charge in [-0.25, -0.2) is 0 Å². The molecule has 1 nitrogen and oxygen atoms in total. The Labute approximate surface area is 427 Å². The highest BCUT2D eigenvalue weighted by Gasteiger charge is 2.61. The summed E-state index contributed by atoms with van der Waals surface area (Å²) in [6.07, 6.45) is 0. The van der Waals surface area contributed by atoms with E-state index in [0.29, 0.717) is 0 Å². The van der Waals surface area contributed by atoms with E-state index in [0.717, 1.165) is 0 Å². The average Bonchev–Trinajstić information content (AvgIpc) is 3.90. The molecule has 340 valence electrons. The minimum atomic E-state index is -0.610. The molecule has 2 aliphatic carbocycles. The molecule has 0 N–H and O–H groups in total. The van der Waals surface area contributed by atoms with Gasteiger partial charge in [-0.2, -0.15) is 0 Å². The quantitative estimate of drug-likeness (QED) is 0.159. The first-order chi connectivity index (χ1) is 36.0. The number of nitrogens with zero attached hydrogens (tertiary/aromatic N) is 1. The minimum Gasteiger partial charge on any atom is -0.310 e. The lowest BCUT2D eigenvalue weighted by molar-refractivity contribution is 0.707. The lowest BCUT2D eigenvalue weighted by atomic mass is 9.32. The van der Waals surface area contributed by atoms with Gasteiger partial charge >= 0.3 is 0 Å². The number of hydrogen-bond acceptors (Lipinski definition) is 1. The van der Waals surface area contributed by atoms with Crippen LogP contribution in [0.3, 0.4) is 0 Å². The van der Waals surface area contributed by atoms with Gasteiger partial charge in [-0.1, -0.05) is 247 Å². The maximum Gasteiger partial charge on any atom is 0.248 e. The van der Waals surface area contributed by atoms with E-state index in [-0.39, 0.29) is 6.71 Å². The van der Waals surface area contributed by atoms with E-state index in [4.69, 9.17) is 0 Å². The van der Waals surface area contributed by atoms with Crippen molar-refractivity contribution in [2.45, 2.75) is 31.6 Å². The Kier molecular flexibility index (Phi) is 8.24. The summed E-state index contributed by atoms with van der Waals surface area (Å²) in [5.74, 6) is 0. The molecule has 2 spiro atoms. The smallest absolute Gasteiger partial charge is 0.248 e. The molecule has 0 atom stereocenters. The van der Waals surface area contributed by atoms with Crippen molar-refractivity contribution >= 4 is 40.2 Å². The SMILES string of the molecule is Cc1cc2c3c(c1)C1(c4ccccc4-c4ccccc41)c1cc(C)cc4c1N3c1c(cc(C)cc1C41c3ccccc3-c3ccccc31)B2c1c(-c2ccccc2)cc(-c2ccccc2)cc1-c1ccccc1. The van der Waals surface area contributed by atoms with Crippen LogP contribution in [0.1, 0.15) is 61.2 Å². The van der Waals surface area contributed by atoms with E-state index in [1.807, 2.05) is 0 Å². The van der Waals surface area contributed by atoms with Crippen molar-refractivity contribution in [2.24, 2.45) is 0 Å². The molecular formula is C71H48BN. The second kappa shape index (κ2) is 14.7. The molecule has 5 aliphatic rings. The molecular weight excluding hydrogens is 878 g/mol. The second-order valence-electron chi connectivity index (χ2n) is 21.2. The third kappa shape index (κ3) is 5.13. The van der Waals surface area contributed by atoms with Crippen LogP contribution in [0.15, 0.2) is 237 Å². The molecule has 3 heterocycles. The molecule has 11 aromatic carbocycles. The van der Waals surface area contributed by atoms with Crippen molar-refractivity contribution < 1.29 is 0 Å². The van der Waals surface area contributed by atoms with E-state index < -0.39 is 10.8 Å². The van der Waals surface area contributed by atoms with Gasteiger partial charge in [-0.3, -0.25) is 0 Å². The summed E-state index contributed by atoms with van der Waals surface area (Å²) in [5, 5.41) is 0. The van der Waals surface area contributed by atoms with Crippen LogP contribution in [-0.4, -0.2) is 6.71 Å². The van der Waals surface area contributed by atoms with E-state index in [1.54, 1.807) is 0 Å². The summed E-state index contributed by atoms with van der Waals surface area (Å²) in [5.41, 5.74) is 34.1. The highest BCUT2D eigenvalue weighted by Crippen LogP contribution is 2.70. The molecule has 0 amide bonds. The topological polar surface area (TPSA) is 3.24 Å². The van der Waals surface area contributed by atoms with Gasteiger partial charge in [0.2, 0.25) is 6.71 Å². The largest absolute Gasteiger partial charge is 0.310 e. The predicted octanol–water partition coefficient (Wildman–Crippen LogP) is 15.3. The van der Waals surface area contributed by atoms with Crippen molar-refractivity contribution in [1.82, 2.24) is 0 Å². The Balaban J connectivity index is 1.15. The van der Waals surface area contributed by atoms with Crippen LogP contribution in [0.25, 0.3) is 55.6 Å². The number of anilines is 3. The normalized spacial score (nSPS) is 14.7. The zero-order chi connectivity index (χ0) is 48.3. The van der Waals surface area contributed by atoms with E-state index >= 15 is 0 Å². The van der Waals surface area contributed by atoms with Crippen LogP contribution in [0, 0.1) is 20.8 Å². The van der Waals surface area contributed by atoms with Gasteiger partial charge in [0.25, 0.3) is 0 Å². The molecule has 2 heteroatoms. The molecule has 0 radical (unpaired) electrons. The van der Waals surface area contributed by atoms with Crippen molar-refractivity contribution in [3.63, 3.8) is 0 Å². The van der Waals surface area contributed by atoms with Crippen molar-refractivity contribution in [3.05, 3.63) is 298 Å². The fourth-order valence-corrected chi connectivity index (χ4v) is 14.9. The maximum absolute atomic E-state index is 2.79. The maximum atomic E-state index is 2.79. The second-order valence-corrected chi connectivity index (χ2v) is 21.2. The molecule has 0 saturated carbocycles. The number of benzene rings is 11. The third-order valence-electron chi connectivity index (χ3n) is 17.4. The zero-order valence-corrected chi connectivity index (χ0v) is 41.0. The van der Waals surface area contributed by atoms with Gasteiger partial charge < -0.3 is 4.90 Å². The first-order valence-corrected chi connectivity index (χ1v) is 25.9. The molecule has 3 aliphatic heterocycles. The highest BCUT2D eigenvalue weighted by molar-refractivity contribution is 6.99. The molecule has 16 rings (SSSR count). The summed E-state index contributed by atoms with van der Waals surface area (Å²) in [6, 6.07) is 91.1. The van der Waals surface area contributed by atoms with Crippen LogP contribution < -0.4 is 21.3 Å². The Morgan fingerprint density at radius 2 is 0.589 bits per heavy atom. The van der Waals surface area contributed by atoms with Crippen LogP contribution >= 0.6 is 0 Å². The number of aryl methyl sites for hydroxylation is 3. The predicted molar refractivity (Wildman–Crippen MR) is 304 cm³/mol. The number of fused-ring (bicyclic) bond motifs is 14. The summed E-state index contributed by atoms with van der Waals surface area (Å²) >= 11 is 0. The van der Waals surface area contributed by atoms with Crippen LogP contribution in [-0.2, 0) is 10.8 Å². The first-order valence-electron chi connectivity index (χ1n) is 25.9. The minimum absolute atomic E-state index is 0.157. The van der Waals surface area contributed by atoms with Crippen LogP contribution in [0.2, 0.25) is 0 Å². The molecule has 11 aromatic rings. The summed E-state index contributed by atoms with van der Waals surface area (Å²) in [6.45, 7) is 6.87. The average molecular weight is 926 g/mol. The lowest BCUT2D eigenvalue weighted by Crippen LogP contribution is -2.61. The molecule has 0 saturated heterocycles.